The second-order valence-electron chi connectivity index (χ2n) is 8.96. The lowest BCUT2D eigenvalue weighted by Gasteiger charge is -2.46. The van der Waals surface area contributed by atoms with Gasteiger partial charge in [-0.05, 0) is 46.9 Å². The van der Waals surface area contributed by atoms with E-state index in [0.717, 1.165) is 17.5 Å². The first-order valence-corrected chi connectivity index (χ1v) is 9.29. The highest BCUT2D eigenvalue weighted by atomic mass is 14.8. The van der Waals surface area contributed by atoms with Crippen LogP contribution in [0.1, 0.15) is 51.8 Å². The summed E-state index contributed by atoms with van der Waals surface area (Å²) in [4.78, 5) is 9.84. The third kappa shape index (κ3) is 1.97. The topological polar surface area (TPSA) is 25.8 Å². The molecule has 0 aliphatic heterocycles. The first-order valence-electron chi connectivity index (χ1n) is 9.29. The van der Waals surface area contributed by atoms with Crippen LogP contribution in [-0.2, 0) is 6.42 Å². The van der Waals surface area contributed by atoms with Gasteiger partial charge in [0.2, 0.25) is 0 Å². The lowest BCUT2D eigenvalue weighted by molar-refractivity contribution is 0.287. The number of pyridine rings is 2. The first kappa shape index (κ1) is 15.1. The number of allylic oxidation sites excluding steroid dienone is 2. The molecule has 0 atom stereocenters. The van der Waals surface area contributed by atoms with Gasteiger partial charge in [0.05, 0.1) is 16.7 Å². The quantitative estimate of drug-likeness (QED) is 0.477. The maximum Gasteiger partial charge on any atom is 0.0820 e. The smallest absolute Gasteiger partial charge is 0.0820 e. The van der Waals surface area contributed by atoms with Crippen molar-refractivity contribution in [3.8, 4) is 0 Å². The molecule has 0 unspecified atom stereocenters. The summed E-state index contributed by atoms with van der Waals surface area (Å²) in [5.74, 6) is 0. The van der Waals surface area contributed by atoms with E-state index in [4.69, 9.17) is 9.97 Å². The maximum absolute atomic E-state index is 5.06. The molecule has 2 aliphatic rings. The van der Waals surface area contributed by atoms with Gasteiger partial charge < -0.3 is 0 Å². The molecule has 126 valence electrons. The van der Waals surface area contributed by atoms with E-state index in [1.54, 1.807) is 11.1 Å². The highest BCUT2D eigenvalue weighted by Gasteiger charge is 2.42. The molecule has 0 amide bonds. The average Bonchev–Trinajstić information content (AvgIpc) is 2.59. The Labute approximate surface area is 149 Å². The van der Waals surface area contributed by atoms with Crippen LogP contribution in [0.25, 0.3) is 27.4 Å². The largest absolute Gasteiger partial charge is 0.255 e. The minimum Gasteiger partial charge on any atom is -0.255 e. The predicted octanol–water partition coefficient (Wildman–Crippen LogP) is 5.94. The van der Waals surface area contributed by atoms with Crippen molar-refractivity contribution in [1.29, 1.82) is 0 Å². The fraction of sp³-hybridized carbons (Fsp3) is 0.391. The zero-order valence-electron chi connectivity index (χ0n) is 15.5. The monoisotopic (exact) mass is 328 g/mol. The molecule has 0 radical (unpaired) electrons. The molecule has 0 saturated carbocycles. The summed E-state index contributed by atoms with van der Waals surface area (Å²) in [5, 5.41) is 2.45. The van der Waals surface area contributed by atoms with Gasteiger partial charge in [0, 0.05) is 23.4 Å². The summed E-state index contributed by atoms with van der Waals surface area (Å²) < 4.78 is 0. The van der Waals surface area contributed by atoms with Crippen molar-refractivity contribution in [1.82, 2.24) is 9.97 Å². The van der Waals surface area contributed by atoms with Crippen molar-refractivity contribution < 1.29 is 0 Å². The summed E-state index contributed by atoms with van der Waals surface area (Å²) in [6.45, 7) is 9.62. The Balaban J connectivity index is 1.95. The number of rotatable bonds is 0. The fourth-order valence-corrected chi connectivity index (χ4v) is 4.94. The standard InChI is InChI=1S/C23H24N2/c1-22(2)10-11-23(3,4)20-15-9-12-24-21-14-7-5-6-8-17(14)25-18(19(15)21)13-16(20)22/h5-9,12H,10-11,13H2,1-4H3. The molecular weight excluding hydrogens is 304 g/mol. The third-order valence-electron chi connectivity index (χ3n) is 6.44. The number of aromatic nitrogens is 2. The molecular formula is C23H24N2. The summed E-state index contributed by atoms with van der Waals surface area (Å²) in [5.41, 5.74) is 8.36. The van der Waals surface area contributed by atoms with Crippen molar-refractivity contribution in [3.05, 3.63) is 53.4 Å². The van der Waals surface area contributed by atoms with Crippen LogP contribution in [0.4, 0.5) is 0 Å². The Morgan fingerprint density at radius 1 is 0.920 bits per heavy atom. The van der Waals surface area contributed by atoms with Crippen molar-refractivity contribution >= 4 is 27.4 Å². The van der Waals surface area contributed by atoms with Crippen molar-refractivity contribution in [2.75, 3.05) is 0 Å². The average molecular weight is 328 g/mol. The number of fused-ring (bicyclic) bond motifs is 3. The van der Waals surface area contributed by atoms with Crippen LogP contribution >= 0.6 is 0 Å². The summed E-state index contributed by atoms with van der Waals surface area (Å²) in [6, 6.07) is 10.6. The van der Waals surface area contributed by atoms with Gasteiger partial charge in [0.15, 0.2) is 0 Å². The zero-order chi connectivity index (χ0) is 17.4. The molecule has 2 aromatic heterocycles. The number of nitrogens with zero attached hydrogens (tertiary/aromatic N) is 2. The second kappa shape index (κ2) is 4.69. The highest BCUT2D eigenvalue weighted by Crippen LogP contribution is 2.56. The van der Waals surface area contributed by atoms with Gasteiger partial charge in [0.1, 0.15) is 0 Å². The molecule has 2 nitrogen and oxygen atoms in total. The molecule has 0 saturated heterocycles. The van der Waals surface area contributed by atoms with Crippen molar-refractivity contribution in [2.45, 2.75) is 47.0 Å². The van der Waals surface area contributed by atoms with Gasteiger partial charge in [0.25, 0.3) is 0 Å². The van der Waals surface area contributed by atoms with Crippen LogP contribution in [0, 0.1) is 10.8 Å². The first-order chi connectivity index (χ1) is 11.9. The Morgan fingerprint density at radius 2 is 1.68 bits per heavy atom. The fourth-order valence-electron chi connectivity index (χ4n) is 4.94. The van der Waals surface area contributed by atoms with Gasteiger partial charge >= 0.3 is 0 Å². The molecule has 2 heteroatoms. The van der Waals surface area contributed by atoms with Gasteiger partial charge in [-0.15, -0.1) is 0 Å². The van der Waals surface area contributed by atoms with E-state index >= 15 is 0 Å². The lowest BCUT2D eigenvalue weighted by atomic mass is 9.59. The summed E-state index contributed by atoms with van der Waals surface area (Å²) in [7, 11) is 0. The summed E-state index contributed by atoms with van der Waals surface area (Å²) in [6.07, 6.45) is 5.43. The van der Waals surface area contributed by atoms with E-state index in [0.29, 0.717) is 0 Å². The van der Waals surface area contributed by atoms with Gasteiger partial charge in [-0.1, -0.05) is 51.5 Å². The molecule has 2 heterocycles. The van der Waals surface area contributed by atoms with Crippen LogP contribution < -0.4 is 0 Å². The molecule has 1 aromatic carbocycles. The molecule has 2 aliphatic carbocycles. The van der Waals surface area contributed by atoms with Crippen LogP contribution in [0.3, 0.4) is 0 Å². The van der Waals surface area contributed by atoms with E-state index < -0.39 is 0 Å². The minimum absolute atomic E-state index is 0.211. The van der Waals surface area contributed by atoms with E-state index in [9.17, 15) is 0 Å². The maximum atomic E-state index is 5.06. The Morgan fingerprint density at radius 3 is 2.52 bits per heavy atom. The predicted molar refractivity (Wildman–Crippen MR) is 104 cm³/mol. The van der Waals surface area contributed by atoms with Crippen molar-refractivity contribution in [3.63, 3.8) is 0 Å². The molecule has 25 heavy (non-hydrogen) atoms. The normalized spacial score (nSPS) is 20.8. The zero-order valence-corrected chi connectivity index (χ0v) is 15.5. The van der Waals surface area contributed by atoms with Crippen LogP contribution in [0.5, 0.6) is 0 Å². The molecule has 3 aromatic rings. The van der Waals surface area contributed by atoms with E-state index in [1.165, 1.54) is 34.9 Å². The van der Waals surface area contributed by atoms with E-state index in [2.05, 4.69) is 58.0 Å². The molecule has 0 N–H and O–H groups in total. The Kier molecular flexibility index (Phi) is 2.83. The second-order valence-corrected chi connectivity index (χ2v) is 8.96. The molecule has 0 spiro atoms. The van der Waals surface area contributed by atoms with E-state index in [1.807, 2.05) is 6.20 Å². The minimum atomic E-state index is 0.211. The SMILES string of the molecule is CC1(C)CCC(C)(C)C2=C1Cc1nc3ccccc3c3nccc2c13. The third-order valence-corrected chi connectivity index (χ3v) is 6.44. The highest BCUT2D eigenvalue weighted by molar-refractivity contribution is 6.09. The van der Waals surface area contributed by atoms with Crippen LogP contribution in [0.2, 0.25) is 0 Å². The molecule has 0 fully saturated rings. The Bertz CT molecular complexity index is 1070. The molecule has 5 rings (SSSR count). The van der Waals surface area contributed by atoms with Crippen molar-refractivity contribution in [2.24, 2.45) is 10.8 Å². The van der Waals surface area contributed by atoms with Gasteiger partial charge in [-0.25, -0.2) is 0 Å². The van der Waals surface area contributed by atoms with Crippen LogP contribution in [-0.4, -0.2) is 9.97 Å². The van der Waals surface area contributed by atoms with Gasteiger partial charge in [-0.3, -0.25) is 9.97 Å². The number of hydrogen-bond donors (Lipinski definition) is 0. The number of para-hydroxylation sites is 1. The summed E-state index contributed by atoms with van der Waals surface area (Å²) >= 11 is 0. The number of hydrogen-bond acceptors (Lipinski definition) is 2. The van der Waals surface area contributed by atoms with Crippen LogP contribution in [0.15, 0.2) is 42.1 Å². The van der Waals surface area contributed by atoms with E-state index in [-0.39, 0.29) is 10.8 Å². The molecule has 0 bridgehead atoms. The van der Waals surface area contributed by atoms with Gasteiger partial charge in [-0.2, -0.15) is 0 Å². The number of benzene rings is 1. The Hall–Kier alpha value is -2.22. The lowest BCUT2D eigenvalue weighted by Crippen LogP contribution is -2.33.